The molecule has 0 radical (unpaired) electrons. The number of hydrogen-bond acceptors (Lipinski definition) is 5. The smallest absolute Gasteiger partial charge is 0.303 e. The summed E-state index contributed by atoms with van der Waals surface area (Å²) in [4.78, 5) is 52.0. The number of amides is 3. The van der Waals surface area contributed by atoms with Gasteiger partial charge in [0.15, 0.2) is 0 Å². The van der Waals surface area contributed by atoms with E-state index in [1.54, 1.807) is 18.2 Å². The first-order valence-electron chi connectivity index (χ1n) is 9.78. The number of carboxylic acids is 1. The zero-order valence-corrected chi connectivity index (χ0v) is 16.7. The highest BCUT2D eigenvalue weighted by Gasteiger charge is 2.70. The van der Waals surface area contributed by atoms with E-state index >= 15 is 0 Å². The number of carbonyl (C=O) groups is 4. The average Bonchev–Trinajstić information content (AvgIpc) is 3.25. The topological polar surface area (TPSA) is 116 Å². The van der Waals surface area contributed by atoms with Crippen molar-refractivity contribution in [2.24, 2.45) is 11.8 Å². The lowest BCUT2D eigenvalue weighted by Crippen LogP contribution is -2.53. The maximum atomic E-state index is 13.3. The summed E-state index contributed by atoms with van der Waals surface area (Å²) in [6, 6.07) is 4.45. The predicted molar refractivity (Wildman–Crippen MR) is 104 cm³/mol. The van der Waals surface area contributed by atoms with Crippen LogP contribution in [0.3, 0.4) is 0 Å². The van der Waals surface area contributed by atoms with Crippen LogP contribution in [-0.4, -0.2) is 46.3 Å². The number of imide groups is 1. The molecule has 2 saturated heterocycles. The first-order valence-corrected chi connectivity index (χ1v) is 10.2. The third kappa shape index (κ3) is 2.77. The summed E-state index contributed by atoms with van der Waals surface area (Å²) in [6.45, 7) is 2.26. The van der Waals surface area contributed by atoms with Crippen LogP contribution >= 0.6 is 11.6 Å². The number of anilines is 1. The summed E-state index contributed by atoms with van der Waals surface area (Å²) in [5.41, 5.74) is -0.472. The summed E-state index contributed by atoms with van der Waals surface area (Å²) in [6.07, 6.45) is 1.46. The number of benzene rings is 1. The second kappa shape index (κ2) is 7.11. The van der Waals surface area contributed by atoms with Gasteiger partial charge >= 0.3 is 5.97 Å². The van der Waals surface area contributed by atoms with Crippen LogP contribution in [0.1, 0.15) is 38.2 Å². The number of hydrogen-bond donors (Lipinski definition) is 3. The van der Waals surface area contributed by atoms with Crippen molar-refractivity contribution >= 4 is 41.0 Å². The number of nitrogens with zero attached hydrogens (tertiary/aromatic N) is 1. The van der Waals surface area contributed by atoms with E-state index in [-0.39, 0.29) is 24.7 Å². The van der Waals surface area contributed by atoms with Gasteiger partial charge in [0.2, 0.25) is 17.7 Å². The molecule has 2 fully saturated rings. The molecule has 0 unspecified atom stereocenters. The van der Waals surface area contributed by atoms with Gasteiger partial charge in [-0.2, -0.15) is 0 Å². The first-order chi connectivity index (χ1) is 13.8. The fourth-order valence-electron chi connectivity index (χ4n) is 4.92. The number of carbonyl (C=O) groups excluding carboxylic acids is 3. The summed E-state index contributed by atoms with van der Waals surface area (Å²) < 4.78 is 0. The highest BCUT2D eigenvalue weighted by Crippen LogP contribution is 2.54. The van der Waals surface area contributed by atoms with Crippen LogP contribution in [0, 0.1) is 11.8 Å². The molecule has 3 aliphatic heterocycles. The van der Waals surface area contributed by atoms with Gasteiger partial charge in [-0.3, -0.25) is 29.4 Å². The fraction of sp³-hybridized carbons (Fsp3) is 0.500. The van der Waals surface area contributed by atoms with Crippen LogP contribution in [0.2, 0.25) is 5.02 Å². The molecule has 3 amide bonds. The minimum Gasteiger partial charge on any atom is -0.481 e. The first kappa shape index (κ1) is 19.8. The molecule has 1 aromatic rings. The maximum Gasteiger partial charge on any atom is 0.303 e. The molecule has 29 heavy (non-hydrogen) atoms. The van der Waals surface area contributed by atoms with E-state index in [1.165, 1.54) is 4.90 Å². The molecule has 4 atom stereocenters. The second-order valence-corrected chi connectivity index (χ2v) is 8.20. The Balaban J connectivity index is 1.81. The van der Waals surface area contributed by atoms with Gasteiger partial charge < -0.3 is 10.4 Å². The van der Waals surface area contributed by atoms with E-state index in [2.05, 4.69) is 10.6 Å². The van der Waals surface area contributed by atoms with Gasteiger partial charge in [0, 0.05) is 24.6 Å². The van der Waals surface area contributed by atoms with E-state index < -0.39 is 35.3 Å². The Kier molecular flexibility index (Phi) is 4.86. The standard InChI is InChI=1S/C20H22ClN3O5/c1-2-3-9-24-17(27)14-12(7-8-13(25)26)23-20(15(14)18(24)28)10-5-4-6-11(21)16(10)22-19(20)29/h4-6,12,14-15,23H,2-3,7-9H2,1H3,(H,22,29)(H,25,26)/t12-,14+,15+,20-/m1/s1. The molecular formula is C20H22ClN3O5. The number of fused-ring (bicyclic) bond motifs is 4. The summed E-state index contributed by atoms with van der Waals surface area (Å²) in [5.74, 6) is -3.87. The largest absolute Gasteiger partial charge is 0.481 e. The Labute approximate surface area is 172 Å². The predicted octanol–water partition coefficient (Wildman–Crippen LogP) is 1.73. The normalized spacial score (nSPS) is 30.1. The van der Waals surface area contributed by atoms with Crippen LogP contribution in [0.5, 0.6) is 0 Å². The van der Waals surface area contributed by atoms with E-state index in [4.69, 9.17) is 16.7 Å². The number of unbranched alkanes of at least 4 members (excludes halogenated alkanes) is 1. The fourth-order valence-corrected chi connectivity index (χ4v) is 5.14. The van der Waals surface area contributed by atoms with Crippen LogP contribution in [0.4, 0.5) is 5.69 Å². The Hall–Kier alpha value is -2.45. The number of nitrogens with one attached hydrogen (secondary N) is 2. The highest BCUT2D eigenvalue weighted by atomic mass is 35.5. The Morgan fingerprint density at radius 2 is 2.03 bits per heavy atom. The minimum atomic E-state index is -1.43. The summed E-state index contributed by atoms with van der Waals surface area (Å²) in [5, 5.41) is 15.4. The zero-order valence-electron chi connectivity index (χ0n) is 15.9. The van der Waals surface area contributed by atoms with Gasteiger partial charge in [-0.1, -0.05) is 37.1 Å². The van der Waals surface area contributed by atoms with Gasteiger partial charge in [0.1, 0.15) is 5.54 Å². The van der Waals surface area contributed by atoms with Crippen molar-refractivity contribution < 1.29 is 24.3 Å². The number of halogens is 1. The van der Waals surface area contributed by atoms with Crippen molar-refractivity contribution in [2.45, 2.75) is 44.2 Å². The molecule has 3 aliphatic rings. The van der Waals surface area contributed by atoms with E-state index in [0.29, 0.717) is 29.2 Å². The third-order valence-electron chi connectivity index (χ3n) is 6.20. The van der Waals surface area contributed by atoms with E-state index in [0.717, 1.165) is 6.42 Å². The average molecular weight is 420 g/mol. The Bertz CT molecular complexity index is 919. The van der Waals surface area contributed by atoms with Crippen molar-refractivity contribution in [2.75, 3.05) is 11.9 Å². The molecule has 0 aliphatic carbocycles. The van der Waals surface area contributed by atoms with Gasteiger partial charge in [-0.25, -0.2) is 0 Å². The zero-order chi connectivity index (χ0) is 20.9. The molecule has 3 N–H and O–H groups in total. The van der Waals surface area contributed by atoms with Crippen LogP contribution in [0.15, 0.2) is 18.2 Å². The highest BCUT2D eigenvalue weighted by molar-refractivity contribution is 6.35. The van der Waals surface area contributed by atoms with Crippen LogP contribution in [0.25, 0.3) is 0 Å². The van der Waals surface area contributed by atoms with Crippen molar-refractivity contribution in [1.82, 2.24) is 10.2 Å². The summed E-state index contributed by atoms with van der Waals surface area (Å²) in [7, 11) is 0. The minimum absolute atomic E-state index is 0.141. The van der Waals surface area contributed by atoms with Crippen molar-refractivity contribution in [1.29, 1.82) is 0 Å². The number of carboxylic acid groups (broad SMARTS) is 1. The van der Waals surface area contributed by atoms with E-state index in [9.17, 15) is 19.2 Å². The number of likely N-dealkylation sites (tertiary alicyclic amines) is 1. The van der Waals surface area contributed by atoms with Gasteiger partial charge in [-0.15, -0.1) is 0 Å². The molecule has 1 aromatic carbocycles. The lowest BCUT2D eigenvalue weighted by molar-refractivity contribution is -0.143. The molecule has 0 saturated carbocycles. The molecule has 0 aromatic heterocycles. The molecule has 154 valence electrons. The Morgan fingerprint density at radius 1 is 1.28 bits per heavy atom. The quantitative estimate of drug-likeness (QED) is 0.605. The molecule has 4 rings (SSSR count). The van der Waals surface area contributed by atoms with Crippen LogP contribution in [-0.2, 0) is 24.7 Å². The number of rotatable bonds is 6. The third-order valence-corrected chi connectivity index (χ3v) is 6.51. The lowest BCUT2D eigenvalue weighted by atomic mass is 9.76. The summed E-state index contributed by atoms with van der Waals surface area (Å²) >= 11 is 6.26. The number of para-hydroxylation sites is 1. The number of aliphatic carboxylic acids is 1. The molecule has 0 bridgehead atoms. The van der Waals surface area contributed by atoms with Crippen molar-refractivity contribution in [3.63, 3.8) is 0 Å². The SMILES string of the molecule is CCCCN1C(=O)[C@@H]2[C@@H](C1=O)[C@@]1(N[C@@H]2CCC(=O)O)C(=O)Nc2c(Cl)cccc21. The van der Waals surface area contributed by atoms with Crippen molar-refractivity contribution in [3.8, 4) is 0 Å². The molecular weight excluding hydrogens is 398 g/mol. The van der Waals surface area contributed by atoms with Gasteiger partial charge in [0.25, 0.3) is 0 Å². The van der Waals surface area contributed by atoms with Crippen LogP contribution < -0.4 is 10.6 Å². The maximum absolute atomic E-state index is 13.3. The monoisotopic (exact) mass is 419 g/mol. The van der Waals surface area contributed by atoms with E-state index in [1.807, 2.05) is 6.92 Å². The Morgan fingerprint density at radius 3 is 2.72 bits per heavy atom. The molecule has 8 nitrogen and oxygen atoms in total. The van der Waals surface area contributed by atoms with Crippen molar-refractivity contribution in [3.05, 3.63) is 28.8 Å². The molecule has 3 heterocycles. The second-order valence-electron chi connectivity index (χ2n) is 7.79. The molecule has 9 heteroatoms. The van der Waals surface area contributed by atoms with Gasteiger partial charge in [-0.05, 0) is 18.9 Å². The van der Waals surface area contributed by atoms with Gasteiger partial charge in [0.05, 0.1) is 22.5 Å². The lowest BCUT2D eigenvalue weighted by Gasteiger charge is -2.29. The molecule has 1 spiro atoms.